The van der Waals surface area contributed by atoms with Gasteiger partial charge in [-0.25, -0.2) is 0 Å². The number of nitrogens with one attached hydrogen (secondary N) is 1. The molecule has 2 heterocycles. The van der Waals surface area contributed by atoms with Gasteiger partial charge in [-0.15, -0.1) is 0 Å². The van der Waals surface area contributed by atoms with Gasteiger partial charge in [0.1, 0.15) is 0 Å². The molecule has 0 bridgehead atoms. The van der Waals surface area contributed by atoms with E-state index < -0.39 is 5.97 Å². The van der Waals surface area contributed by atoms with Gasteiger partial charge in [-0.3, -0.25) is 14.8 Å². The Balaban J connectivity index is 1.61. The number of H-pyrrole nitrogens is 1. The average Bonchev–Trinajstić information content (AvgIpc) is 3.01. The maximum Gasteiger partial charge on any atom is 0.307 e. The number of benzene rings is 1. The first kappa shape index (κ1) is 14.5. The number of aromatic amines is 1. The summed E-state index contributed by atoms with van der Waals surface area (Å²) in [4.78, 5) is 13.9. The number of nitrogens with zero attached hydrogens (tertiary/aromatic N) is 2. The lowest BCUT2D eigenvalue weighted by Crippen LogP contribution is -2.53. The highest BCUT2D eigenvalue weighted by Crippen LogP contribution is 2.37. The van der Waals surface area contributed by atoms with E-state index in [1.165, 1.54) is 16.8 Å². The van der Waals surface area contributed by atoms with Gasteiger partial charge in [0.2, 0.25) is 0 Å². The number of fused-ring (bicyclic) bond motifs is 2. The number of likely N-dealkylation sites (tertiary alicyclic amines) is 1. The normalized spacial score (nSPS) is 27.2. The van der Waals surface area contributed by atoms with Crippen LogP contribution in [0.5, 0.6) is 0 Å². The summed E-state index contributed by atoms with van der Waals surface area (Å²) in [6.45, 7) is 1.46. The minimum absolute atomic E-state index is 0.274. The minimum Gasteiger partial charge on any atom is -0.481 e. The Labute approximate surface area is 135 Å². The van der Waals surface area contributed by atoms with Crippen molar-refractivity contribution in [2.24, 2.45) is 11.8 Å². The Hall–Kier alpha value is -2.14. The third-order valence-electron chi connectivity index (χ3n) is 5.34. The maximum atomic E-state index is 11.6. The number of carboxylic acid groups (broad SMARTS) is 1. The van der Waals surface area contributed by atoms with E-state index in [9.17, 15) is 9.90 Å². The van der Waals surface area contributed by atoms with Crippen LogP contribution in [0.3, 0.4) is 0 Å². The van der Waals surface area contributed by atoms with E-state index in [2.05, 4.69) is 27.2 Å². The van der Waals surface area contributed by atoms with E-state index in [4.69, 9.17) is 0 Å². The molecule has 1 aliphatic heterocycles. The number of carboxylic acids is 1. The lowest BCUT2D eigenvalue weighted by molar-refractivity contribution is -0.145. The molecule has 0 saturated carbocycles. The second-order valence-corrected chi connectivity index (χ2v) is 6.80. The molecule has 3 atom stereocenters. The van der Waals surface area contributed by atoms with Gasteiger partial charge in [-0.1, -0.05) is 30.3 Å². The zero-order valence-electron chi connectivity index (χ0n) is 13.0. The van der Waals surface area contributed by atoms with Crippen LogP contribution in [-0.4, -0.2) is 38.8 Å². The molecule has 1 unspecified atom stereocenters. The van der Waals surface area contributed by atoms with Crippen LogP contribution < -0.4 is 0 Å². The molecule has 0 spiro atoms. The third kappa shape index (κ3) is 2.77. The highest BCUT2D eigenvalue weighted by Gasteiger charge is 2.41. The fraction of sp³-hybridized carbons (Fsp3) is 0.444. The van der Waals surface area contributed by atoms with Gasteiger partial charge in [0.15, 0.2) is 0 Å². The number of rotatable bonds is 3. The number of aliphatic carboxylic acids is 1. The summed E-state index contributed by atoms with van der Waals surface area (Å²) in [6, 6.07) is 10.7. The predicted octanol–water partition coefficient (Wildman–Crippen LogP) is 2.10. The quantitative estimate of drug-likeness (QED) is 0.911. The molecule has 0 amide bonds. The predicted molar refractivity (Wildman–Crippen MR) is 85.9 cm³/mol. The van der Waals surface area contributed by atoms with E-state index in [-0.39, 0.29) is 5.92 Å². The van der Waals surface area contributed by atoms with Crippen molar-refractivity contribution in [2.45, 2.75) is 31.8 Å². The summed E-state index contributed by atoms with van der Waals surface area (Å²) in [7, 11) is 0. The Morgan fingerprint density at radius 2 is 2.13 bits per heavy atom. The number of carbonyl (C=O) groups is 1. The summed E-state index contributed by atoms with van der Waals surface area (Å²) < 4.78 is 0. The van der Waals surface area contributed by atoms with Crippen LogP contribution in [0.25, 0.3) is 0 Å². The van der Waals surface area contributed by atoms with Crippen LogP contribution in [0.1, 0.15) is 23.2 Å². The number of hydrogen-bond acceptors (Lipinski definition) is 3. The molecule has 0 radical (unpaired) electrons. The SMILES string of the molecule is O=C(O)[C@@H]1C[C@@H]2Cc3[nH]ncc3CC2N(Cc2ccccc2)C1. The van der Waals surface area contributed by atoms with Crippen molar-refractivity contribution >= 4 is 5.97 Å². The summed E-state index contributed by atoms with van der Waals surface area (Å²) in [6.07, 6.45) is 4.57. The summed E-state index contributed by atoms with van der Waals surface area (Å²) >= 11 is 0. The van der Waals surface area contributed by atoms with E-state index in [0.717, 1.165) is 25.8 Å². The topological polar surface area (TPSA) is 69.2 Å². The van der Waals surface area contributed by atoms with Gasteiger partial charge in [-0.05, 0) is 36.3 Å². The highest BCUT2D eigenvalue weighted by atomic mass is 16.4. The molecule has 5 heteroatoms. The fourth-order valence-electron chi connectivity index (χ4n) is 4.19. The van der Waals surface area contributed by atoms with Crippen LogP contribution >= 0.6 is 0 Å². The molecule has 1 aliphatic carbocycles. The van der Waals surface area contributed by atoms with Crippen LogP contribution in [0.15, 0.2) is 36.5 Å². The largest absolute Gasteiger partial charge is 0.481 e. The molecular weight excluding hydrogens is 290 g/mol. The molecule has 23 heavy (non-hydrogen) atoms. The van der Waals surface area contributed by atoms with E-state index in [1.807, 2.05) is 24.4 Å². The standard InChI is InChI=1S/C18H21N3O2/c22-18(23)15-6-13-7-16-14(9-19-20-16)8-17(13)21(11-15)10-12-4-2-1-3-5-12/h1-5,9,13,15,17H,6-8,10-11H2,(H,19,20)(H,22,23)/t13-,15-,17?/m1/s1. The van der Waals surface area contributed by atoms with E-state index in [1.54, 1.807) is 0 Å². The maximum absolute atomic E-state index is 11.6. The molecule has 5 nitrogen and oxygen atoms in total. The molecule has 1 saturated heterocycles. The summed E-state index contributed by atoms with van der Waals surface area (Å²) in [5, 5.41) is 16.8. The zero-order chi connectivity index (χ0) is 15.8. The van der Waals surface area contributed by atoms with Crippen molar-refractivity contribution in [1.82, 2.24) is 15.1 Å². The second kappa shape index (κ2) is 5.81. The van der Waals surface area contributed by atoms with Crippen molar-refractivity contribution in [1.29, 1.82) is 0 Å². The molecule has 2 aliphatic rings. The second-order valence-electron chi connectivity index (χ2n) is 6.80. The molecule has 2 aromatic rings. The Morgan fingerprint density at radius 3 is 2.91 bits per heavy atom. The molecule has 4 rings (SSSR count). The first-order valence-electron chi connectivity index (χ1n) is 8.22. The van der Waals surface area contributed by atoms with Crippen molar-refractivity contribution in [2.75, 3.05) is 6.54 Å². The minimum atomic E-state index is -0.670. The van der Waals surface area contributed by atoms with Crippen LogP contribution in [0, 0.1) is 11.8 Å². The van der Waals surface area contributed by atoms with E-state index >= 15 is 0 Å². The van der Waals surface area contributed by atoms with Gasteiger partial charge in [0.25, 0.3) is 0 Å². The summed E-state index contributed by atoms with van der Waals surface area (Å²) in [5.41, 5.74) is 3.73. The van der Waals surface area contributed by atoms with Crippen LogP contribution in [0.2, 0.25) is 0 Å². The molecule has 120 valence electrons. The number of hydrogen-bond donors (Lipinski definition) is 2. The molecule has 1 aromatic heterocycles. The van der Waals surface area contributed by atoms with Crippen molar-refractivity contribution in [3.8, 4) is 0 Å². The molecule has 2 N–H and O–H groups in total. The molecular formula is C18H21N3O2. The van der Waals surface area contributed by atoms with Gasteiger partial charge in [0, 0.05) is 24.8 Å². The lowest BCUT2D eigenvalue weighted by Gasteiger charge is -2.46. The van der Waals surface area contributed by atoms with Crippen molar-refractivity contribution < 1.29 is 9.90 Å². The first-order chi connectivity index (χ1) is 11.2. The van der Waals surface area contributed by atoms with Gasteiger partial charge < -0.3 is 5.11 Å². The number of piperidine rings is 1. The average molecular weight is 311 g/mol. The van der Waals surface area contributed by atoms with Gasteiger partial charge in [0.05, 0.1) is 12.1 Å². The lowest BCUT2D eigenvalue weighted by atomic mass is 9.74. The molecule has 1 fully saturated rings. The Bertz CT molecular complexity index is 697. The van der Waals surface area contributed by atoms with Crippen molar-refractivity contribution in [3.63, 3.8) is 0 Å². The molecule has 1 aromatic carbocycles. The first-order valence-corrected chi connectivity index (χ1v) is 8.22. The van der Waals surface area contributed by atoms with Crippen LogP contribution in [0.4, 0.5) is 0 Å². The Morgan fingerprint density at radius 1 is 1.30 bits per heavy atom. The van der Waals surface area contributed by atoms with Gasteiger partial charge in [-0.2, -0.15) is 5.10 Å². The van der Waals surface area contributed by atoms with Gasteiger partial charge >= 0.3 is 5.97 Å². The smallest absolute Gasteiger partial charge is 0.307 e. The van der Waals surface area contributed by atoms with Crippen LogP contribution in [-0.2, 0) is 24.2 Å². The number of aromatic nitrogens is 2. The van der Waals surface area contributed by atoms with Crippen molar-refractivity contribution in [3.05, 3.63) is 53.3 Å². The zero-order valence-corrected chi connectivity index (χ0v) is 13.0. The third-order valence-corrected chi connectivity index (χ3v) is 5.34. The Kier molecular flexibility index (Phi) is 3.65. The van der Waals surface area contributed by atoms with E-state index in [0.29, 0.717) is 18.5 Å². The summed E-state index contributed by atoms with van der Waals surface area (Å²) in [5.74, 6) is -0.553. The fourth-order valence-corrected chi connectivity index (χ4v) is 4.19. The highest BCUT2D eigenvalue weighted by molar-refractivity contribution is 5.70. The monoisotopic (exact) mass is 311 g/mol.